The van der Waals surface area contributed by atoms with Crippen molar-refractivity contribution in [3.63, 3.8) is 0 Å². The SMILES string of the molecule is Cc1cccc(CN(Cc2ccccn2)C(=O)Cn2c(C)cc(O)cc2=O)c1. The highest BCUT2D eigenvalue weighted by atomic mass is 16.3. The van der Waals surface area contributed by atoms with Crippen molar-refractivity contribution < 1.29 is 9.90 Å². The van der Waals surface area contributed by atoms with Crippen LogP contribution in [0.25, 0.3) is 0 Å². The average molecular weight is 377 g/mol. The summed E-state index contributed by atoms with van der Waals surface area (Å²) in [5.41, 5.74) is 3.04. The molecule has 0 aliphatic rings. The molecule has 0 aliphatic heterocycles. The smallest absolute Gasteiger partial charge is 0.254 e. The fourth-order valence-corrected chi connectivity index (χ4v) is 3.10. The van der Waals surface area contributed by atoms with E-state index in [1.165, 1.54) is 10.6 Å². The summed E-state index contributed by atoms with van der Waals surface area (Å²) in [5.74, 6) is -0.292. The van der Waals surface area contributed by atoms with Crippen LogP contribution < -0.4 is 5.56 Å². The van der Waals surface area contributed by atoms with E-state index in [1.54, 1.807) is 18.0 Å². The zero-order chi connectivity index (χ0) is 20.1. The molecule has 6 nitrogen and oxygen atoms in total. The second-order valence-corrected chi connectivity index (χ2v) is 6.84. The van der Waals surface area contributed by atoms with Crippen molar-refractivity contribution in [1.29, 1.82) is 0 Å². The van der Waals surface area contributed by atoms with E-state index in [0.29, 0.717) is 18.8 Å². The fraction of sp³-hybridized carbons (Fsp3) is 0.227. The van der Waals surface area contributed by atoms with Crippen LogP contribution in [0.2, 0.25) is 0 Å². The van der Waals surface area contributed by atoms with Gasteiger partial charge >= 0.3 is 0 Å². The minimum Gasteiger partial charge on any atom is -0.508 e. The van der Waals surface area contributed by atoms with Gasteiger partial charge in [-0.2, -0.15) is 0 Å². The highest BCUT2D eigenvalue weighted by Crippen LogP contribution is 2.13. The number of carbonyl (C=O) groups is 1. The molecule has 28 heavy (non-hydrogen) atoms. The van der Waals surface area contributed by atoms with Gasteiger partial charge in [-0.3, -0.25) is 14.6 Å². The zero-order valence-corrected chi connectivity index (χ0v) is 16.0. The molecule has 0 fully saturated rings. The first-order valence-electron chi connectivity index (χ1n) is 9.06. The van der Waals surface area contributed by atoms with Crippen molar-refractivity contribution in [2.45, 2.75) is 33.5 Å². The van der Waals surface area contributed by atoms with Crippen LogP contribution in [0.4, 0.5) is 0 Å². The van der Waals surface area contributed by atoms with E-state index in [0.717, 1.165) is 22.9 Å². The summed E-state index contributed by atoms with van der Waals surface area (Å²) in [6.45, 7) is 4.37. The van der Waals surface area contributed by atoms with Gasteiger partial charge in [-0.1, -0.05) is 35.9 Å². The van der Waals surface area contributed by atoms with Gasteiger partial charge in [0.2, 0.25) is 5.91 Å². The number of carbonyl (C=O) groups excluding carboxylic acids is 1. The second kappa shape index (κ2) is 8.52. The topological polar surface area (TPSA) is 75.4 Å². The predicted molar refractivity (Wildman–Crippen MR) is 107 cm³/mol. The van der Waals surface area contributed by atoms with Crippen LogP contribution in [0.15, 0.2) is 65.6 Å². The molecule has 0 unspecified atom stereocenters. The standard InChI is InChI=1S/C22H23N3O3/c1-16-6-5-7-18(10-16)13-24(14-19-8-3-4-9-23-19)22(28)15-25-17(2)11-20(26)12-21(25)27/h3-12,26H,13-15H2,1-2H3. The van der Waals surface area contributed by atoms with E-state index in [2.05, 4.69) is 4.98 Å². The van der Waals surface area contributed by atoms with E-state index < -0.39 is 5.56 Å². The number of nitrogens with zero attached hydrogens (tertiary/aromatic N) is 3. The molecule has 6 heteroatoms. The summed E-state index contributed by atoms with van der Waals surface area (Å²) >= 11 is 0. The fourth-order valence-electron chi connectivity index (χ4n) is 3.10. The minimum atomic E-state index is -0.404. The Balaban J connectivity index is 1.87. The van der Waals surface area contributed by atoms with Crippen LogP contribution >= 0.6 is 0 Å². The van der Waals surface area contributed by atoms with E-state index >= 15 is 0 Å². The normalized spacial score (nSPS) is 10.6. The molecule has 0 radical (unpaired) electrons. The van der Waals surface area contributed by atoms with Gasteiger partial charge in [0.05, 0.1) is 12.2 Å². The number of aromatic nitrogens is 2. The van der Waals surface area contributed by atoms with Crippen molar-refractivity contribution in [1.82, 2.24) is 14.5 Å². The van der Waals surface area contributed by atoms with Crippen LogP contribution in [0.5, 0.6) is 5.75 Å². The minimum absolute atomic E-state index is 0.0937. The van der Waals surface area contributed by atoms with Crippen molar-refractivity contribution in [2.75, 3.05) is 0 Å². The molecule has 2 heterocycles. The lowest BCUT2D eigenvalue weighted by Gasteiger charge is -2.24. The van der Waals surface area contributed by atoms with Gasteiger partial charge in [-0.15, -0.1) is 0 Å². The maximum absolute atomic E-state index is 13.1. The molecule has 0 aliphatic carbocycles. The van der Waals surface area contributed by atoms with Crippen molar-refractivity contribution >= 4 is 5.91 Å². The molecule has 0 atom stereocenters. The van der Waals surface area contributed by atoms with Gasteiger partial charge in [0.25, 0.3) is 5.56 Å². The Labute approximate surface area is 163 Å². The molecule has 3 rings (SSSR count). The Kier molecular flexibility index (Phi) is 5.89. The lowest BCUT2D eigenvalue weighted by atomic mass is 10.1. The molecule has 0 bridgehead atoms. The molecule has 0 saturated carbocycles. The van der Waals surface area contributed by atoms with E-state index in [4.69, 9.17) is 0 Å². The van der Waals surface area contributed by atoms with Gasteiger partial charge in [-0.05, 0) is 37.6 Å². The monoisotopic (exact) mass is 377 g/mol. The summed E-state index contributed by atoms with van der Waals surface area (Å²) in [7, 11) is 0. The van der Waals surface area contributed by atoms with Gasteiger partial charge in [0.15, 0.2) is 0 Å². The Morgan fingerprint density at radius 2 is 1.89 bits per heavy atom. The summed E-state index contributed by atoms with van der Waals surface area (Å²) in [4.78, 5) is 31.3. The molecule has 3 aromatic rings. The Hall–Kier alpha value is -3.41. The van der Waals surface area contributed by atoms with Crippen molar-refractivity contribution in [3.05, 3.63) is 93.7 Å². The van der Waals surface area contributed by atoms with Crippen molar-refractivity contribution in [2.24, 2.45) is 0 Å². The second-order valence-electron chi connectivity index (χ2n) is 6.84. The molecule has 1 aromatic carbocycles. The quantitative estimate of drug-likeness (QED) is 0.717. The van der Waals surface area contributed by atoms with Gasteiger partial charge in [0.1, 0.15) is 12.3 Å². The summed E-state index contributed by atoms with van der Waals surface area (Å²) in [5, 5.41) is 9.56. The molecule has 144 valence electrons. The lowest BCUT2D eigenvalue weighted by Crippen LogP contribution is -2.36. The molecule has 2 aromatic heterocycles. The van der Waals surface area contributed by atoms with E-state index in [-0.39, 0.29) is 18.2 Å². The van der Waals surface area contributed by atoms with Crippen LogP contribution in [-0.4, -0.2) is 25.5 Å². The number of aryl methyl sites for hydroxylation is 2. The molecule has 0 saturated heterocycles. The van der Waals surface area contributed by atoms with E-state index in [9.17, 15) is 14.7 Å². The average Bonchev–Trinajstić information content (AvgIpc) is 2.65. The summed E-state index contributed by atoms with van der Waals surface area (Å²) in [6, 6.07) is 16.1. The molecule has 1 amide bonds. The first-order chi connectivity index (χ1) is 13.4. The van der Waals surface area contributed by atoms with Crippen LogP contribution in [0.1, 0.15) is 22.5 Å². The van der Waals surface area contributed by atoms with Crippen molar-refractivity contribution in [3.8, 4) is 5.75 Å². The number of hydrogen-bond donors (Lipinski definition) is 1. The highest BCUT2D eigenvalue weighted by molar-refractivity contribution is 5.76. The predicted octanol–water partition coefficient (Wildman–Crippen LogP) is 2.79. The first kappa shape index (κ1) is 19.4. The third kappa shape index (κ3) is 4.85. The highest BCUT2D eigenvalue weighted by Gasteiger charge is 2.17. The number of hydrogen-bond acceptors (Lipinski definition) is 4. The number of benzene rings is 1. The first-order valence-corrected chi connectivity index (χ1v) is 9.06. The molecular formula is C22H23N3O3. The third-order valence-electron chi connectivity index (χ3n) is 4.50. The Morgan fingerprint density at radius 1 is 1.07 bits per heavy atom. The summed E-state index contributed by atoms with van der Waals surface area (Å²) < 4.78 is 1.36. The zero-order valence-electron chi connectivity index (χ0n) is 16.0. The molecule has 0 spiro atoms. The largest absolute Gasteiger partial charge is 0.508 e. The lowest BCUT2D eigenvalue weighted by molar-refractivity contribution is -0.133. The van der Waals surface area contributed by atoms with Crippen LogP contribution in [0, 0.1) is 13.8 Å². The van der Waals surface area contributed by atoms with E-state index in [1.807, 2.05) is 49.4 Å². The number of rotatable bonds is 6. The number of aromatic hydroxyl groups is 1. The third-order valence-corrected chi connectivity index (χ3v) is 4.50. The van der Waals surface area contributed by atoms with Gasteiger partial charge < -0.3 is 14.6 Å². The molecule has 1 N–H and O–H groups in total. The van der Waals surface area contributed by atoms with Crippen LogP contribution in [-0.2, 0) is 24.4 Å². The van der Waals surface area contributed by atoms with Gasteiger partial charge in [0, 0.05) is 24.5 Å². The maximum Gasteiger partial charge on any atom is 0.254 e. The Bertz CT molecular complexity index is 1030. The maximum atomic E-state index is 13.1. The Morgan fingerprint density at radius 3 is 2.57 bits per heavy atom. The molecular weight excluding hydrogens is 354 g/mol. The summed E-state index contributed by atoms with van der Waals surface area (Å²) in [6.07, 6.45) is 1.69. The number of pyridine rings is 2. The van der Waals surface area contributed by atoms with Gasteiger partial charge in [-0.25, -0.2) is 0 Å². The number of amides is 1. The van der Waals surface area contributed by atoms with Crippen LogP contribution in [0.3, 0.4) is 0 Å².